The minimum Gasteiger partial charge on any atom is -0.326 e. The van der Waals surface area contributed by atoms with Crippen molar-refractivity contribution in [1.82, 2.24) is 0 Å². The maximum absolute atomic E-state index is 12.1. The van der Waals surface area contributed by atoms with Crippen molar-refractivity contribution in [2.24, 2.45) is 0 Å². The molecule has 0 saturated carbocycles. The van der Waals surface area contributed by atoms with E-state index in [0.717, 1.165) is 16.8 Å². The van der Waals surface area contributed by atoms with E-state index in [2.05, 4.69) is 10.0 Å². The number of hydrogen-bond donors (Lipinski definition) is 2. The Morgan fingerprint density at radius 3 is 2.62 bits per heavy atom. The maximum atomic E-state index is 12.1. The largest absolute Gasteiger partial charge is 0.326 e. The molecule has 2 N–H and O–H groups in total. The van der Waals surface area contributed by atoms with E-state index in [1.807, 2.05) is 6.07 Å². The van der Waals surface area contributed by atoms with Gasteiger partial charge in [-0.25, -0.2) is 8.42 Å². The Kier molecular flexibility index (Phi) is 3.39. The summed E-state index contributed by atoms with van der Waals surface area (Å²) < 4.78 is 26.8. The molecule has 0 bridgehead atoms. The van der Waals surface area contributed by atoms with E-state index in [0.29, 0.717) is 5.69 Å². The quantitative estimate of drug-likeness (QED) is 0.908. The lowest BCUT2D eigenvalue weighted by Gasteiger charge is -2.09. The second kappa shape index (κ2) is 5.21. The van der Waals surface area contributed by atoms with E-state index in [9.17, 15) is 13.2 Å². The van der Waals surface area contributed by atoms with Gasteiger partial charge in [-0.3, -0.25) is 9.52 Å². The molecule has 108 valence electrons. The molecular weight excluding hydrogens is 288 g/mol. The summed E-state index contributed by atoms with van der Waals surface area (Å²) >= 11 is 0. The number of nitrogens with one attached hydrogen (secondary N) is 2. The predicted molar refractivity (Wildman–Crippen MR) is 81.5 cm³/mol. The average molecular weight is 302 g/mol. The predicted octanol–water partition coefficient (Wildman–Crippen LogP) is 2.12. The van der Waals surface area contributed by atoms with Crippen LogP contribution in [0.4, 0.5) is 11.4 Å². The van der Waals surface area contributed by atoms with Gasteiger partial charge in [-0.15, -0.1) is 0 Å². The van der Waals surface area contributed by atoms with Crippen LogP contribution in [0.25, 0.3) is 0 Å². The molecule has 1 aliphatic heterocycles. The van der Waals surface area contributed by atoms with Gasteiger partial charge in [0.05, 0.1) is 12.2 Å². The molecule has 1 amide bonds. The molecule has 1 aliphatic rings. The summed E-state index contributed by atoms with van der Waals surface area (Å²) in [4.78, 5) is 11.3. The van der Waals surface area contributed by atoms with E-state index in [-0.39, 0.29) is 18.1 Å². The molecular formula is C15H14N2O3S. The summed E-state index contributed by atoms with van der Waals surface area (Å²) in [5.41, 5.74) is 2.75. The first-order chi connectivity index (χ1) is 10.0. The number of benzene rings is 2. The van der Waals surface area contributed by atoms with Crippen LogP contribution in [0.5, 0.6) is 0 Å². The molecule has 1 heterocycles. The highest BCUT2D eigenvalue weighted by atomic mass is 32.2. The van der Waals surface area contributed by atoms with Gasteiger partial charge in [0.1, 0.15) is 0 Å². The summed E-state index contributed by atoms with van der Waals surface area (Å²) in [6.07, 6.45) is 0.281. The number of fused-ring (bicyclic) bond motifs is 1. The summed E-state index contributed by atoms with van der Waals surface area (Å²) in [5.74, 6) is -0.156. The van der Waals surface area contributed by atoms with E-state index in [4.69, 9.17) is 0 Å². The van der Waals surface area contributed by atoms with Crippen LogP contribution in [0, 0.1) is 0 Å². The Labute approximate surface area is 123 Å². The lowest BCUT2D eigenvalue weighted by molar-refractivity contribution is -0.115. The van der Waals surface area contributed by atoms with Gasteiger partial charge >= 0.3 is 0 Å². The van der Waals surface area contributed by atoms with Gasteiger partial charge in [-0.05, 0) is 29.3 Å². The second-order valence-electron chi connectivity index (χ2n) is 4.94. The van der Waals surface area contributed by atoms with Crippen LogP contribution in [-0.2, 0) is 27.0 Å². The monoisotopic (exact) mass is 302 g/mol. The van der Waals surface area contributed by atoms with Crippen LogP contribution >= 0.6 is 0 Å². The molecule has 3 rings (SSSR count). The topological polar surface area (TPSA) is 75.3 Å². The van der Waals surface area contributed by atoms with Crippen LogP contribution in [-0.4, -0.2) is 14.3 Å². The van der Waals surface area contributed by atoms with Gasteiger partial charge in [-0.2, -0.15) is 0 Å². The van der Waals surface area contributed by atoms with E-state index >= 15 is 0 Å². The van der Waals surface area contributed by atoms with Crippen LogP contribution in [0.15, 0.2) is 48.5 Å². The molecule has 0 fully saturated rings. The Morgan fingerprint density at radius 1 is 1.10 bits per heavy atom. The third kappa shape index (κ3) is 3.22. The fourth-order valence-electron chi connectivity index (χ4n) is 2.30. The number of hydrogen-bond acceptors (Lipinski definition) is 3. The second-order valence-corrected chi connectivity index (χ2v) is 6.67. The Hall–Kier alpha value is -2.34. The summed E-state index contributed by atoms with van der Waals surface area (Å²) in [6, 6.07) is 14.0. The van der Waals surface area contributed by atoms with Crippen molar-refractivity contribution < 1.29 is 13.2 Å². The molecule has 5 nitrogen and oxygen atoms in total. The van der Waals surface area contributed by atoms with E-state index < -0.39 is 10.0 Å². The van der Waals surface area contributed by atoms with Gasteiger partial charge < -0.3 is 5.32 Å². The Bertz CT molecular complexity index is 786. The first-order valence-electron chi connectivity index (χ1n) is 6.49. The molecule has 0 aromatic heterocycles. The van der Waals surface area contributed by atoms with Crippen molar-refractivity contribution in [1.29, 1.82) is 0 Å². The van der Waals surface area contributed by atoms with Crippen molar-refractivity contribution >= 4 is 27.3 Å². The highest BCUT2D eigenvalue weighted by Gasteiger charge is 2.19. The summed E-state index contributed by atoms with van der Waals surface area (Å²) in [7, 11) is -3.47. The van der Waals surface area contributed by atoms with Crippen molar-refractivity contribution in [3.8, 4) is 0 Å². The molecule has 21 heavy (non-hydrogen) atoms. The number of amides is 1. The number of sulfonamides is 1. The number of rotatable bonds is 4. The molecule has 0 atom stereocenters. The van der Waals surface area contributed by atoms with Gasteiger partial charge in [-0.1, -0.05) is 30.3 Å². The normalized spacial score (nSPS) is 13.6. The molecule has 0 unspecified atom stereocenters. The van der Waals surface area contributed by atoms with Gasteiger partial charge in [0.2, 0.25) is 15.9 Å². The molecule has 2 aromatic rings. The standard InChI is InChI=1S/C15H14N2O3S/c18-15-9-12-8-13(6-7-14(12)16-15)17-21(19,20)10-11-4-2-1-3-5-11/h1-8,17H,9-10H2,(H,16,18). The van der Waals surface area contributed by atoms with Crippen molar-refractivity contribution in [3.05, 3.63) is 59.7 Å². The zero-order valence-corrected chi connectivity index (χ0v) is 12.0. The van der Waals surface area contributed by atoms with Crippen LogP contribution < -0.4 is 10.0 Å². The summed E-state index contributed by atoms with van der Waals surface area (Å²) in [5, 5.41) is 2.71. The van der Waals surface area contributed by atoms with Crippen LogP contribution in [0.1, 0.15) is 11.1 Å². The zero-order chi connectivity index (χ0) is 14.9. The van der Waals surface area contributed by atoms with E-state index in [1.54, 1.807) is 42.5 Å². The van der Waals surface area contributed by atoms with Gasteiger partial charge in [0.25, 0.3) is 0 Å². The number of carbonyl (C=O) groups excluding carboxylic acids is 1. The zero-order valence-electron chi connectivity index (χ0n) is 11.2. The molecule has 0 saturated heterocycles. The number of anilines is 2. The third-order valence-corrected chi connectivity index (χ3v) is 4.46. The minimum atomic E-state index is -3.47. The SMILES string of the molecule is O=C1Cc2cc(NS(=O)(=O)Cc3ccccc3)ccc2N1. The summed E-state index contributed by atoms with van der Waals surface area (Å²) in [6.45, 7) is 0. The van der Waals surface area contributed by atoms with Crippen molar-refractivity contribution in [2.45, 2.75) is 12.2 Å². The lowest BCUT2D eigenvalue weighted by atomic mass is 10.1. The van der Waals surface area contributed by atoms with Crippen molar-refractivity contribution in [3.63, 3.8) is 0 Å². The fourth-order valence-corrected chi connectivity index (χ4v) is 3.49. The maximum Gasteiger partial charge on any atom is 0.236 e. The molecule has 0 spiro atoms. The Balaban J connectivity index is 1.77. The molecule has 0 aliphatic carbocycles. The Morgan fingerprint density at radius 2 is 1.86 bits per heavy atom. The minimum absolute atomic E-state index is 0.0747. The average Bonchev–Trinajstić information content (AvgIpc) is 2.78. The molecule has 0 radical (unpaired) electrons. The first kappa shape index (κ1) is 13.6. The first-order valence-corrected chi connectivity index (χ1v) is 8.14. The number of carbonyl (C=O) groups is 1. The van der Waals surface area contributed by atoms with Crippen LogP contribution in [0.3, 0.4) is 0 Å². The molecule has 2 aromatic carbocycles. The third-order valence-electron chi connectivity index (χ3n) is 3.20. The lowest BCUT2D eigenvalue weighted by Crippen LogP contribution is -2.15. The fraction of sp³-hybridized carbons (Fsp3) is 0.133. The highest BCUT2D eigenvalue weighted by molar-refractivity contribution is 7.91. The van der Waals surface area contributed by atoms with Gasteiger partial charge in [0, 0.05) is 11.4 Å². The van der Waals surface area contributed by atoms with Crippen LogP contribution in [0.2, 0.25) is 0 Å². The van der Waals surface area contributed by atoms with Gasteiger partial charge in [0.15, 0.2) is 0 Å². The van der Waals surface area contributed by atoms with E-state index in [1.165, 1.54) is 0 Å². The smallest absolute Gasteiger partial charge is 0.236 e. The highest BCUT2D eigenvalue weighted by Crippen LogP contribution is 2.26. The molecule has 6 heteroatoms. The van der Waals surface area contributed by atoms with Crippen molar-refractivity contribution in [2.75, 3.05) is 10.0 Å².